The lowest BCUT2D eigenvalue weighted by Gasteiger charge is -2.31. The molecule has 1 fully saturated rings. The first-order valence-corrected chi connectivity index (χ1v) is 27.5. The first kappa shape index (κ1) is 55.5. The topological polar surface area (TPSA) is 76.2 Å². The third kappa shape index (κ3) is 28.9. The van der Waals surface area contributed by atoms with Crippen molar-refractivity contribution in [1.82, 2.24) is 9.80 Å². The number of likely N-dealkylation sites (tertiary alicyclic amines) is 1. The minimum atomic E-state index is -0.0926. The lowest BCUT2D eigenvalue weighted by atomic mass is 10.0. The summed E-state index contributed by atoms with van der Waals surface area (Å²) in [6.45, 7) is 12.8. The van der Waals surface area contributed by atoms with Crippen molar-refractivity contribution in [3.63, 3.8) is 0 Å². The van der Waals surface area contributed by atoms with Gasteiger partial charge in [-0.05, 0) is 110 Å². The van der Waals surface area contributed by atoms with Gasteiger partial charge in [0.1, 0.15) is 12.2 Å². The Balaban J connectivity index is 2.86. The van der Waals surface area contributed by atoms with Crippen LogP contribution in [-0.4, -0.2) is 74.7 Å². The molecule has 0 radical (unpaired) electrons. The summed E-state index contributed by atoms with van der Waals surface area (Å²) in [6, 6.07) is 0.567. The number of thioether (sulfide) groups is 1. The van der Waals surface area contributed by atoms with Gasteiger partial charge < -0.3 is 14.4 Å². The monoisotopic (exact) mass is 949 g/mol. The Hall–Kier alpha value is -0.550. The molecule has 1 unspecified atom stereocenters. The zero-order chi connectivity index (χ0) is 42.5. The standard InChI is InChI=1S/C49H93IN2O5S/c1-6-11-15-19-23-33-45(34-24-20-16-12-7-2)56-47(53)37-27-30-44(52(10-5)49(55)58-41-39-43-32-29-40-51(43)42-50)31-28-38-48(54)57-46(35-25-21-17-13-8-3)36-26-22-18-14-9-4/h43-46H,6-42H2,1-5H3. The van der Waals surface area contributed by atoms with Gasteiger partial charge in [0.2, 0.25) is 0 Å². The largest absolute Gasteiger partial charge is 0.462 e. The smallest absolute Gasteiger partial charge is 0.306 e. The van der Waals surface area contributed by atoms with E-state index < -0.39 is 0 Å². The molecule has 0 spiro atoms. The number of carbonyl (C=O) groups is 3. The maximum absolute atomic E-state index is 13.8. The van der Waals surface area contributed by atoms with Gasteiger partial charge in [0.05, 0.1) is 4.55 Å². The molecule has 1 amide bonds. The number of carbonyl (C=O) groups excluding carboxylic acids is 3. The average molecular weight is 949 g/mol. The van der Waals surface area contributed by atoms with Gasteiger partial charge in [0, 0.05) is 37.2 Å². The van der Waals surface area contributed by atoms with Crippen LogP contribution in [-0.2, 0) is 19.1 Å². The minimum Gasteiger partial charge on any atom is -0.462 e. The van der Waals surface area contributed by atoms with Crippen molar-refractivity contribution in [3.8, 4) is 0 Å². The molecule has 7 nitrogen and oxygen atoms in total. The van der Waals surface area contributed by atoms with E-state index in [-0.39, 0.29) is 35.4 Å². The molecule has 0 saturated carbocycles. The number of unbranched alkanes of at least 4 members (excludes halogenated alkanes) is 16. The number of esters is 2. The van der Waals surface area contributed by atoms with Gasteiger partial charge in [0.25, 0.3) is 5.24 Å². The molecule has 0 aromatic carbocycles. The van der Waals surface area contributed by atoms with Crippen molar-refractivity contribution in [2.24, 2.45) is 0 Å². The Kier molecular flexibility index (Phi) is 37.6. The Labute approximate surface area is 377 Å². The molecular formula is C49H93IN2O5S. The third-order valence-corrected chi connectivity index (χ3v) is 14.1. The number of ether oxygens (including phenoxy) is 2. The average Bonchev–Trinajstić information content (AvgIpc) is 3.67. The van der Waals surface area contributed by atoms with Crippen LogP contribution in [0.1, 0.15) is 247 Å². The number of halogens is 1. The molecule has 0 aliphatic carbocycles. The molecule has 9 heteroatoms. The molecule has 0 bridgehead atoms. The normalized spacial score (nSPS) is 14.6. The fourth-order valence-electron chi connectivity index (χ4n) is 8.62. The predicted octanol–water partition coefficient (Wildman–Crippen LogP) is 15.4. The Morgan fingerprint density at radius 2 is 1.02 bits per heavy atom. The van der Waals surface area contributed by atoms with E-state index >= 15 is 0 Å². The first-order valence-electron chi connectivity index (χ1n) is 24.9. The molecule has 0 aromatic heterocycles. The maximum Gasteiger partial charge on any atom is 0.306 e. The zero-order valence-electron chi connectivity index (χ0n) is 38.7. The molecule has 1 aliphatic rings. The Bertz CT molecular complexity index is 909. The Morgan fingerprint density at radius 1 is 0.603 bits per heavy atom. The van der Waals surface area contributed by atoms with Crippen LogP contribution in [0.4, 0.5) is 4.79 Å². The van der Waals surface area contributed by atoms with Crippen molar-refractivity contribution < 1.29 is 23.9 Å². The molecule has 342 valence electrons. The molecule has 1 heterocycles. The van der Waals surface area contributed by atoms with E-state index in [2.05, 4.69) is 62.1 Å². The predicted molar refractivity (Wildman–Crippen MR) is 258 cm³/mol. The van der Waals surface area contributed by atoms with Crippen LogP contribution in [0, 0.1) is 0 Å². The number of nitrogens with zero attached hydrogens (tertiary/aromatic N) is 2. The number of amides is 1. The third-order valence-electron chi connectivity index (χ3n) is 12.3. The van der Waals surface area contributed by atoms with Crippen molar-refractivity contribution in [1.29, 1.82) is 0 Å². The second kappa shape index (κ2) is 39.3. The van der Waals surface area contributed by atoms with Crippen LogP contribution >= 0.6 is 34.4 Å². The molecule has 1 rings (SSSR count). The number of alkyl halides is 1. The highest BCUT2D eigenvalue weighted by Crippen LogP contribution is 2.26. The molecular weight excluding hydrogens is 856 g/mol. The van der Waals surface area contributed by atoms with Crippen LogP contribution in [0.5, 0.6) is 0 Å². The van der Waals surface area contributed by atoms with E-state index in [1.165, 1.54) is 127 Å². The van der Waals surface area contributed by atoms with Gasteiger partial charge in [-0.2, -0.15) is 0 Å². The van der Waals surface area contributed by atoms with Crippen molar-refractivity contribution in [2.75, 3.05) is 23.4 Å². The second-order valence-electron chi connectivity index (χ2n) is 17.4. The molecule has 1 saturated heterocycles. The molecule has 0 N–H and O–H groups in total. The van der Waals surface area contributed by atoms with E-state index in [4.69, 9.17) is 9.47 Å². The fourth-order valence-corrected chi connectivity index (χ4v) is 10.5. The van der Waals surface area contributed by atoms with Crippen molar-refractivity contribution >= 4 is 51.5 Å². The van der Waals surface area contributed by atoms with Gasteiger partial charge >= 0.3 is 11.9 Å². The summed E-state index contributed by atoms with van der Waals surface area (Å²) in [6.07, 6.45) is 35.4. The van der Waals surface area contributed by atoms with Gasteiger partial charge in [-0.25, -0.2) is 0 Å². The summed E-state index contributed by atoms with van der Waals surface area (Å²) in [5.41, 5.74) is 0. The number of rotatable bonds is 40. The summed E-state index contributed by atoms with van der Waals surface area (Å²) >= 11 is 3.92. The van der Waals surface area contributed by atoms with E-state index in [0.29, 0.717) is 38.3 Å². The summed E-state index contributed by atoms with van der Waals surface area (Å²) in [7, 11) is 0. The van der Waals surface area contributed by atoms with Crippen LogP contribution in [0.3, 0.4) is 0 Å². The van der Waals surface area contributed by atoms with Gasteiger partial charge in [-0.15, -0.1) is 0 Å². The summed E-state index contributed by atoms with van der Waals surface area (Å²) < 4.78 is 13.4. The van der Waals surface area contributed by atoms with E-state index in [1.807, 2.05) is 4.90 Å². The van der Waals surface area contributed by atoms with Crippen LogP contribution in [0.15, 0.2) is 0 Å². The SMILES string of the molecule is CCCCCCCC(CCCCCCC)OC(=O)CCCC(CCCC(=O)OC(CCCCCCC)CCCCCCC)N(CC)C(=O)SCCC1CCCN1CI. The summed E-state index contributed by atoms with van der Waals surface area (Å²) in [4.78, 5) is 44.9. The van der Waals surface area contributed by atoms with E-state index in [0.717, 1.165) is 87.5 Å². The van der Waals surface area contributed by atoms with Crippen LogP contribution in [0.25, 0.3) is 0 Å². The summed E-state index contributed by atoms with van der Waals surface area (Å²) in [5, 5.41) is 0.133. The molecule has 0 aromatic rings. The highest BCUT2D eigenvalue weighted by atomic mass is 127. The Morgan fingerprint density at radius 3 is 1.40 bits per heavy atom. The van der Waals surface area contributed by atoms with Crippen molar-refractivity contribution in [3.05, 3.63) is 0 Å². The highest BCUT2D eigenvalue weighted by molar-refractivity contribution is 14.1. The van der Waals surface area contributed by atoms with Gasteiger partial charge in [0.15, 0.2) is 0 Å². The van der Waals surface area contributed by atoms with Crippen LogP contribution in [0.2, 0.25) is 0 Å². The van der Waals surface area contributed by atoms with Gasteiger partial charge in [-0.3, -0.25) is 19.3 Å². The van der Waals surface area contributed by atoms with E-state index in [1.54, 1.807) is 0 Å². The first-order chi connectivity index (χ1) is 28.3. The molecule has 58 heavy (non-hydrogen) atoms. The lowest BCUT2D eigenvalue weighted by Crippen LogP contribution is -2.38. The van der Waals surface area contributed by atoms with E-state index in [9.17, 15) is 14.4 Å². The number of hydrogen-bond donors (Lipinski definition) is 0. The lowest BCUT2D eigenvalue weighted by molar-refractivity contribution is -0.150. The number of hydrogen-bond acceptors (Lipinski definition) is 7. The van der Waals surface area contributed by atoms with Crippen molar-refractivity contribution in [2.45, 2.75) is 271 Å². The van der Waals surface area contributed by atoms with Crippen LogP contribution < -0.4 is 0 Å². The highest BCUT2D eigenvalue weighted by Gasteiger charge is 2.27. The maximum atomic E-state index is 13.8. The minimum absolute atomic E-state index is 0.0104. The summed E-state index contributed by atoms with van der Waals surface area (Å²) in [5.74, 6) is 0.643. The van der Waals surface area contributed by atoms with Gasteiger partial charge in [-0.1, -0.05) is 165 Å². The fraction of sp³-hybridized carbons (Fsp3) is 0.939. The second-order valence-corrected chi connectivity index (χ2v) is 19.1. The molecule has 1 aliphatic heterocycles. The zero-order valence-corrected chi connectivity index (χ0v) is 41.7. The quantitative estimate of drug-likeness (QED) is 0.0199. The molecule has 1 atom stereocenters.